The fourth-order valence-corrected chi connectivity index (χ4v) is 1.31. The molecule has 0 radical (unpaired) electrons. The van der Waals surface area contributed by atoms with Gasteiger partial charge in [-0.2, -0.15) is 0 Å². The Bertz CT molecular complexity index is 230. The van der Waals surface area contributed by atoms with Crippen LogP contribution in [0.15, 0.2) is 24.5 Å². The summed E-state index contributed by atoms with van der Waals surface area (Å²) in [4.78, 5) is 10.8. The van der Waals surface area contributed by atoms with E-state index in [1.807, 2.05) is 36.0 Å². The van der Waals surface area contributed by atoms with Crippen molar-refractivity contribution in [1.82, 2.24) is 4.57 Å². The molecule has 1 heterocycles. The van der Waals surface area contributed by atoms with Crippen LogP contribution in [-0.4, -0.2) is 9.81 Å². The van der Waals surface area contributed by atoms with E-state index in [0.717, 1.165) is 6.42 Å². The molecule has 0 aliphatic heterocycles. The van der Waals surface area contributed by atoms with Gasteiger partial charge >= 0.3 is 0 Å². The quantitative estimate of drug-likeness (QED) is 0.640. The van der Waals surface area contributed by atoms with Crippen LogP contribution in [0.3, 0.4) is 0 Å². The summed E-state index contributed by atoms with van der Waals surface area (Å²) in [5.41, 5.74) is 0. The Morgan fingerprint density at radius 2 is 2.09 bits per heavy atom. The van der Waals surface area contributed by atoms with Crippen molar-refractivity contribution in [3.05, 3.63) is 24.5 Å². The van der Waals surface area contributed by atoms with Gasteiger partial charge in [-0.05, 0) is 30.2 Å². The third kappa shape index (κ3) is 1.84. The van der Waals surface area contributed by atoms with Crippen molar-refractivity contribution in [2.24, 2.45) is 0 Å². The van der Waals surface area contributed by atoms with Crippen LogP contribution in [0.2, 0.25) is 0 Å². The molecular formula is C8H10ClNO. The van der Waals surface area contributed by atoms with Crippen LogP contribution in [-0.2, 0) is 4.79 Å². The van der Waals surface area contributed by atoms with Gasteiger partial charge < -0.3 is 4.57 Å². The number of hydrogen-bond acceptors (Lipinski definition) is 1. The van der Waals surface area contributed by atoms with Gasteiger partial charge in [0.05, 0.1) is 0 Å². The maximum atomic E-state index is 10.8. The Morgan fingerprint density at radius 3 is 2.45 bits per heavy atom. The molecule has 3 heteroatoms. The van der Waals surface area contributed by atoms with Crippen molar-refractivity contribution >= 4 is 16.8 Å². The number of rotatable bonds is 3. The molecule has 0 saturated carbocycles. The smallest absolute Gasteiger partial charge is 0.244 e. The van der Waals surface area contributed by atoms with Gasteiger partial charge in [0, 0.05) is 12.4 Å². The maximum absolute atomic E-state index is 10.8. The Hall–Kier alpha value is -0.760. The van der Waals surface area contributed by atoms with E-state index in [1.165, 1.54) is 0 Å². The molecule has 0 amide bonds. The van der Waals surface area contributed by atoms with Crippen molar-refractivity contribution < 1.29 is 4.79 Å². The van der Waals surface area contributed by atoms with Gasteiger partial charge in [-0.3, -0.25) is 4.79 Å². The molecule has 1 atom stereocenters. The van der Waals surface area contributed by atoms with E-state index in [4.69, 9.17) is 11.6 Å². The van der Waals surface area contributed by atoms with Gasteiger partial charge in [0.15, 0.2) is 0 Å². The normalized spacial score (nSPS) is 12.9. The molecule has 0 aliphatic carbocycles. The van der Waals surface area contributed by atoms with Crippen LogP contribution in [0, 0.1) is 0 Å². The highest BCUT2D eigenvalue weighted by Gasteiger charge is 2.13. The minimum Gasteiger partial charge on any atom is -0.343 e. The standard InChI is InChI=1S/C8H10ClNO/c1-2-7(8(9)11)10-5-3-4-6-10/h3-7H,2H2,1H3. The second-order valence-electron chi connectivity index (χ2n) is 2.36. The number of nitrogens with zero attached hydrogens (tertiary/aromatic N) is 1. The lowest BCUT2D eigenvalue weighted by Gasteiger charge is -2.10. The van der Waals surface area contributed by atoms with Crippen LogP contribution in [0.1, 0.15) is 19.4 Å². The average molecular weight is 172 g/mol. The monoisotopic (exact) mass is 171 g/mol. The number of carbonyl (C=O) groups excluding carboxylic acids is 1. The third-order valence-corrected chi connectivity index (χ3v) is 1.89. The minimum absolute atomic E-state index is 0.202. The zero-order valence-corrected chi connectivity index (χ0v) is 7.08. The fraction of sp³-hybridized carbons (Fsp3) is 0.375. The predicted octanol–water partition coefficient (Wildman–Crippen LogP) is 2.20. The van der Waals surface area contributed by atoms with Crippen molar-refractivity contribution in [2.75, 3.05) is 0 Å². The Morgan fingerprint density at radius 1 is 1.55 bits per heavy atom. The van der Waals surface area contributed by atoms with Crippen molar-refractivity contribution in [3.8, 4) is 0 Å². The molecule has 1 rings (SSSR count). The number of carbonyl (C=O) groups is 1. The van der Waals surface area contributed by atoms with E-state index < -0.39 is 0 Å². The predicted molar refractivity (Wildman–Crippen MR) is 44.6 cm³/mol. The van der Waals surface area contributed by atoms with Crippen LogP contribution in [0.5, 0.6) is 0 Å². The van der Waals surface area contributed by atoms with Gasteiger partial charge in [-0.25, -0.2) is 0 Å². The fourth-order valence-electron chi connectivity index (χ4n) is 1.04. The highest BCUT2D eigenvalue weighted by atomic mass is 35.5. The number of aromatic nitrogens is 1. The van der Waals surface area contributed by atoms with Gasteiger partial charge in [-0.15, -0.1) is 0 Å². The van der Waals surface area contributed by atoms with Crippen molar-refractivity contribution in [3.63, 3.8) is 0 Å². The molecule has 0 aromatic carbocycles. The summed E-state index contributed by atoms with van der Waals surface area (Å²) in [7, 11) is 0. The highest BCUT2D eigenvalue weighted by molar-refractivity contribution is 6.64. The first-order valence-corrected chi connectivity index (χ1v) is 3.95. The summed E-state index contributed by atoms with van der Waals surface area (Å²) >= 11 is 5.38. The van der Waals surface area contributed by atoms with Crippen LogP contribution in [0.25, 0.3) is 0 Å². The summed E-state index contributed by atoms with van der Waals surface area (Å²) in [6.45, 7) is 1.94. The first kappa shape index (κ1) is 8.34. The van der Waals surface area contributed by atoms with E-state index in [9.17, 15) is 4.79 Å². The first-order chi connectivity index (χ1) is 5.25. The Balaban J connectivity index is 2.79. The molecule has 0 fully saturated rings. The van der Waals surface area contributed by atoms with E-state index in [0.29, 0.717) is 0 Å². The SMILES string of the molecule is CCC(C(=O)Cl)n1cccc1. The van der Waals surface area contributed by atoms with E-state index in [1.54, 1.807) is 0 Å². The van der Waals surface area contributed by atoms with Crippen LogP contribution in [0.4, 0.5) is 0 Å². The first-order valence-electron chi connectivity index (χ1n) is 3.57. The van der Waals surface area contributed by atoms with Gasteiger partial charge in [0.1, 0.15) is 6.04 Å². The zero-order chi connectivity index (χ0) is 8.27. The van der Waals surface area contributed by atoms with E-state index in [-0.39, 0.29) is 11.3 Å². The van der Waals surface area contributed by atoms with Gasteiger partial charge in [-0.1, -0.05) is 6.92 Å². The second-order valence-corrected chi connectivity index (χ2v) is 2.73. The maximum Gasteiger partial charge on any atom is 0.244 e. The number of hydrogen-bond donors (Lipinski definition) is 0. The van der Waals surface area contributed by atoms with E-state index >= 15 is 0 Å². The Labute approximate surface area is 70.8 Å². The van der Waals surface area contributed by atoms with Crippen molar-refractivity contribution in [2.45, 2.75) is 19.4 Å². The topological polar surface area (TPSA) is 22.0 Å². The second kappa shape index (κ2) is 3.58. The average Bonchev–Trinajstić information content (AvgIpc) is 2.40. The lowest BCUT2D eigenvalue weighted by Crippen LogP contribution is -2.12. The Kier molecular flexibility index (Phi) is 2.71. The zero-order valence-electron chi connectivity index (χ0n) is 6.33. The molecule has 1 aromatic heterocycles. The molecule has 0 spiro atoms. The molecule has 1 unspecified atom stereocenters. The molecule has 1 aromatic rings. The molecule has 0 aliphatic rings. The molecule has 60 valence electrons. The summed E-state index contributed by atoms with van der Waals surface area (Å²) < 4.78 is 1.81. The lowest BCUT2D eigenvalue weighted by molar-refractivity contribution is -0.114. The molecule has 0 saturated heterocycles. The minimum atomic E-state index is -0.302. The molecule has 0 bridgehead atoms. The van der Waals surface area contributed by atoms with Gasteiger partial charge in [0.25, 0.3) is 0 Å². The van der Waals surface area contributed by atoms with E-state index in [2.05, 4.69) is 0 Å². The summed E-state index contributed by atoms with van der Waals surface area (Å²) in [6, 6.07) is 3.55. The summed E-state index contributed by atoms with van der Waals surface area (Å²) in [6.07, 6.45) is 4.42. The van der Waals surface area contributed by atoms with Gasteiger partial charge in [0.2, 0.25) is 5.24 Å². The highest BCUT2D eigenvalue weighted by Crippen LogP contribution is 2.14. The molecule has 11 heavy (non-hydrogen) atoms. The molecular weight excluding hydrogens is 162 g/mol. The molecule has 2 nitrogen and oxygen atoms in total. The number of halogens is 1. The molecule has 0 N–H and O–H groups in total. The largest absolute Gasteiger partial charge is 0.343 e. The summed E-state index contributed by atoms with van der Waals surface area (Å²) in [5.74, 6) is 0. The summed E-state index contributed by atoms with van der Waals surface area (Å²) in [5, 5.41) is -0.302. The van der Waals surface area contributed by atoms with Crippen LogP contribution >= 0.6 is 11.6 Å². The van der Waals surface area contributed by atoms with Crippen LogP contribution < -0.4 is 0 Å². The lowest BCUT2D eigenvalue weighted by atomic mass is 10.2. The third-order valence-electron chi connectivity index (χ3n) is 1.64. The van der Waals surface area contributed by atoms with Crippen molar-refractivity contribution in [1.29, 1.82) is 0 Å².